The monoisotopic (exact) mass is 382 g/mol. The van der Waals surface area contributed by atoms with Gasteiger partial charge in [-0.25, -0.2) is 13.1 Å². The average molecular weight is 383 g/mol. The molecule has 0 amide bonds. The molecular formula is C13H23ClN4O3S2. The van der Waals surface area contributed by atoms with Gasteiger partial charge in [0, 0.05) is 24.5 Å². The Morgan fingerprint density at radius 1 is 1.35 bits per heavy atom. The fourth-order valence-corrected chi connectivity index (χ4v) is 3.26. The molecule has 7 nitrogen and oxygen atoms in total. The molecular weight excluding hydrogens is 360 g/mol. The Morgan fingerprint density at radius 2 is 2.09 bits per heavy atom. The van der Waals surface area contributed by atoms with Gasteiger partial charge in [0.05, 0.1) is 16.6 Å². The molecule has 0 saturated heterocycles. The molecule has 0 aromatic carbocycles. The zero-order valence-electron chi connectivity index (χ0n) is 13.2. The van der Waals surface area contributed by atoms with E-state index < -0.39 is 16.1 Å². The second-order valence-corrected chi connectivity index (χ2v) is 8.44. The molecule has 0 bridgehead atoms. The zero-order valence-corrected chi connectivity index (χ0v) is 15.6. The number of thiophene rings is 1. The summed E-state index contributed by atoms with van der Waals surface area (Å²) in [6.45, 7) is 5.02. The van der Waals surface area contributed by atoms with E-state index in [1.165, 1.54) is 11.3 Å². The summed E-state index contributed by atoms with van der Waals surface area (Å²) in [6.07, 6.45) is -0.721. The van der Waals surface area contributed by atoms with E-state index in [0.29, 0.717) is 23.4 Å². The molecule has 0 fully saturated rings. The van der Waals surface area contributed by atoms with Crippen LogP contribution in [0.1, 0.15) is 24.8 Å². The summed E-state index contributed by atoms with van der Waals surface area (Å²) in [4.78, 5) is 5.04. The van der Waals surface area contributed by atoms with Crippen molar-refractivity contribution in [2.24, 2.45) is 4.99 Å². The summed E-state index contributed by atoms with van der Waals surface area (Å²) >= 11 is 7.16. The molecule has 0 aliphatic carbocycles. The highest BCUT2D eigenvalue weighted by molar-refractivity contribution is 7.89. The highest BCUT2D eigenvalue weighted by Crippen LogP contribution is 2.26. The van der Waals surface area contributed by atoms with Gasteiger partial charge >= 0.3 is 0 Å². The predicted octanol–water partition coefficient (Wildman–Crippen LogP) is 0.929. The molecule has 132 valence electrons. The number of hydrogen-bond acceptors (Lipinski definition) is 5. The molecule has 0 radical (unpaired) electrons. The van der Waals surface area contributed by atoms with E-state index in [9.17, 15) is 13.5 Å². The third kappa shape index (κ3) is 7.98. The standard InChI is InChI=1S/C13H23ClN4O3S2/c1-3-15-13(16-7-8-18-23(20,21)4-2)17-9-10(19)11-5-6-12(14)22-11/h5-6,10,18-19H,3-4,7-9H2,1-2H3,(H2,15,16,17). The first-order chi connectivity index (χ1) is 10.9. The molecule has 1 aromatic rings. The van der Waals surface area contributed by atoms with Crippen LogP contribution < -0.4 is 15.4 Å². The summed E-state index contributed by atoms with van der Waals surface area (Å²) < 4.78 is 25.7. The SMILES string of the molecule is CCNC(=NCC(O)c1ccc(Cl)s1)NCCNS(=O)(=O)CC. The van der Waals surface area contributed by atoms with Crippen LogP contribution in [-0.4, -0.2) is 51.4 Å². The number of halogens is 1. The first kappa shape index (κ1) is 20.2. The third-order valence-electron chi connectivity index (χ3n) is 2.81. The van der Waals surface area contributed by atoms with Crippen LogP contribution in [0.4, 0.5) is 0 Å². The zero-order chi connectivity index (χ0) is 17.3. The quantitative estimate of drug-likeness (QED) is 0.289. The number of hydrogen-bond donors (Lipinski definition) is 4. The number of aliphatic hydroxyl groups excluding tert-OH is 1. The maximum Gasteiger partial charge on any atom is 0.211 e. The normalized spacial score (nSPS) is 13.8. The number of aliphatic imine (C=N–C) groups is 1. The van der Waals surface area contributed by atoms with Gasteiger partial charge < -0.3 is 15.7 Å². The minimum absolute atomic E-state index is 0.0523. The Labute approximate surface area is 146 Å². The Kier molecular flexibility index (Phi) is 8.85. The lowest BCUT2D eigenvalue weighted by molar-refractivity contribution is 0.191. The van der Waals surface area contributed by atoms with Crippen LogP contribution in [-0.2, 0) is 10.0 Å². The van der Waals surface area contributed by atoms with Crippen molar-refractivity contribution >= 4 is 38.9 Å². The number of guanidine groups is 1. The Bertz CT molecular complexity index is 604. The minimum Gasteiger partial charge on any atom is -0.386 e. The highest BCUT2D eigenvalue weighted by Gasteiger charge is 2.10. The van der Waals surface area contributed by atoms with Gasteiger partial charge in [0.2, 0.25) is 10.0 Å². The smallest absolute Gasteiger partial charge is 0.211 e. The molecule has 4 N–H and O–H groups in total. The van der Waals surface area contributed by atoms with Crippen molar-refractivity contribution in [3.05, 3.63) is 21.3 Å². The molecule has 0 aliphatic heterocycles. The van der Waals surface area contributed by atoms with Gasteiger partial charge in [-0.2, -0.15) is 0 Å². The summed E-state index contributed by atoms with van der Waals surface area (Å²) in [5.41, 5.74) is 0. The highest BCUT2D eigenvalue weighted by atomic mass is 35.5. The van der Waals surface area contributed by atoms with E-state index in [4.69, 9.17) is 11.6 Å². The van der Waals surface area contributed by atoms with Crippen molar-refractivity contribution < 1.29 is 13.5 Å². The molecule has 0 saturated carbocycles. The van der Waals surface area contributed by atoms with Crippen molar-refractivity contribution in [1.82, 2.24) is 15.4 Å². The molecule has 0 spiro atoms. The first-order valence-corrected chi connectivity index (χ1v) is 10.2. The molecule has 1 rings (SSSR count). The Morgan fingerprint density at radius 3 is 2.65 bits per heavy atom. The van der Waals surface area contributed by atoms with E-state index >= 15 is 0 Å². The van der Waals surface area contributed by atoms with Crippen molar-refractivity contribution in [1.29, 1.82) is 0 Å². The van der Waals surface area contributed by atoms with Crippen LogP contribution >= 0.6 is 22.9 Å². The maximum atomic E-state index is 11.3. The molecule has 1 aromatic heterocycles. The maximum absolute atomic E-state index is 11.3. The van der Waals surface area contributed by atoms with Gasteiger partial charge in [0.1, 0.15) is 6.10 Å². The lowest BCUT2D eigenvalue weighted by atomic mass is 10.3. The first-order valence-electron chi connectivity index (χ1n) is 7.30. The van der Waals surface area contributed by atoms with Crippen LogP contribution in [0.15, 0.2) is 17.1 Å². The summed E-state index contributed by atoms with van der Waals surface area (Å²) in [6, 6.07) is 3.50. The molecule has 10 heteroatoms. The van der Waals surface area contributed by atoms with E-state index in [1.807, 2.05) is 6.92 Å². The van der Waals surface area contributed by atoms with E-state index in [-0.39, 0.29) is 18.8 Å². The van der Waals surface area contributed by atoms with Gasteiger partial charge in [-0.15, -0.1) is 11.3 Å². The number of rotatable bonds is 9. The average Bonchev–Trinajstić information content (AvgIpc) is 2.95. The molecule has 1 unspecified atom stereocenters. The largest absolute Gasteiger partial charge is 0.386 e. The van der Waals surface area contributed by atoms with Gasteiger partial charge in [-0.05, 0) is 26.0 Å². The predicted molar refractivity (Wildman–Crippen MR) is 95.7 cm³/mol. The van der Waals surface area contributed by atoms with E-state index in [0.717, 1.165) is 4.88 Å². The van der Waals surface area contributed by atoms with Crippen LogP contribution in [0.2, 0.25) is 4.34 Å². The second kappa shape index (κ2) is 10.1. The Hall–Kier alpha value is -0.870. The second-order valence-electron chi connectivity index (χ2n) is 4.60. The molecule has 1 atom stereocenters. The fraction of sp³-hybridized carbons (Fsp3) is 0.615. The van der Waals surface area contributed by atoms with Crippen molar-refractivity contribution in [3.63, 3.8) is 0 Å². The van der Waals surface area contributed by atoms with Crippen LogP contribution in [0, 0.1) is 0 Å². The molecule has 0 aliphatic rings. The minimum atomic E-state index is -3.19. The van der Waals surface area contributed by atoms with Gasteiger partial charge in [-0.3, -0.25) is 4.99 Å². The van der Waals surface area contributed by atoms with E-state index in [1.54, 1.807) is 19.1 Å². The number of nitrogens with one attached hydrogen (secondary N) is 3. The molecule has 1 heterocycles. The Balaban J connectivity index is 2.46. The number of nitrogens with zero attached hydrogens (tertiary/aromatic N) is 1. The number of aliphatic hydroxyl groups is 1. The lowest BCUT2D eigenvalue weighted by Gasteiger charge is -2.13. The fourth-order valence-electron chi connectivity index (χ4n) is 1.61. The third-order valence-corrected chi connectivity index (χ3v) is 5.54. The number of sulfonamides is 1. The van der Waals surface area contributed by atoms with Gasteiger partial charge in [-0.1, -0.05) is 11.6 Å². The van der Waals surface area contributed by atoms with Gasteiger partial charge in [0.15, 0.2) is 5.96 Å². The van der Waals surface area contributed by atoms with Crippen LogP contribution in [0.25, 0.3) is 0 Å². The van der Waals surface area contributed by atoms with Crippen molar-refractivity contribution in [2.75, 3.05) is 31.9 Å². The van der Waals surface area contributed by atoms with Crippen LogP contribution in [0.5, 0.6) is 0 Å². The summed E-state index contributed by atoms with van der Waals surface area (Å²) in [5, 5.41) is 16.1. The molecule has 23 heavy (non-hydrogen) atoms. The topological polar surface area (TPSA) is 103 Å². The van der Waals surface area contributed by atoms with Crippen molar-refractivity contribution in [2.45, 2.75) is 20.0 Å². The van der Waals surface area contributed by atoms with E-state index in [2.05, 4.69) is 20.3 Å². The van der Waals surface area contributed by atoms with Crippen LogP contribution in [0.3, 0.4) is 0 Å². The van der Waals surface area contributed by atoms with Crippen molar-refractivity contribution in [3.8, 4) is 0 Å². The summed E-state index contributed by atoms with van der Waals surface area (Å²) in [7, 11) is -3.19. The lowest BCUT2D eigenvalue weighted by Crippen LogP contribution is -2.42. The summed E-state index contributed by atoms with van der Waals surface area (Å²) in [5.74, 6) is 0.571. The van der Waals surface area contributed by atoms with Gasteiger partial charge in [0.25, 0.3) is 0 Å².